The number of rotatable bonds is 0. The first-order valence-corrected chi connectivity index (χ1v) is 3.47. The van der Waals surface area contributed by atoms with E-state index >= 15 is 0 Å². The quantitative estimate of drug-likeness (QED) is 0.241. The SMILES string of the molecule is C1=C/CCC[CH-]CC/1.[Na+]. The predicted molar refractivity (Wildman–Crippen MR) is 36.5 cm³/mol. The molecule has 1 aliphatic rings. The molecule has 0 aromatic heterocycles. The maximum atomic E-state index is 2.39. The average Bonchev–Trinajstić information content (AvgIpc) is 1.62. The van der Waals surface area contributed by atoms with Gasteiger partial charge in [0.2, 0.25) is 0 Å². The molecular weight excluding hydrogens is 119 g/mol. The Hall–Kier alpha value is 0.740. The molecule has 9 heavy (non-hydrogen) atoms. The van der Waals surface area contributed by atoms with Gasteiger partial charge in [0, 0.05) is 0 Å². The summed E-state index contributed by atoms with van der Waals surface area (Å²) in [4.78, 5) is 0. The zero-order chi connectivity index (χ0) is 5.66. The Labute approximate surface area is 80.0 Å². The normalized spacial score (nSPS) is 23.1. The molecule has 0 saturated carbocycles. The number of allylic oxidation sites excluding steroid dienone is 2. The van der Waals surface area contributed by atoms with Crippen molar-refractivity contribution in [2.24, 2.45) is 0 Å². The molecule has 0 aliphatic heterocycles. The molecule has 0 atom stereocenters. The summed E-state index contributed by atoms with van der Waals surface area (Å²) in [6.45, 7) is 0. The van der Waals surface area contributed by atoms with Gasteiger partial charge in [0.05, 0.1) is 0 Å². The molecule has 0 N–H and O–H groups in total. The van der Waals surface area contributed by atoms with Crippen molar-refractivity contribution in [2.45, 2.75) is 32.1 Å². The third-order valence-electron chi connectivity index (χ3n) is 1.48. The van der Waals surface area contributed by atoms with Gasteiger partial charge in [0.1, 0.15) is 0 Å². The van der Waals surface area contributed by atoms with Crippen LogP contribution < -0.4 is 29.6 Å². The molecule has 0 nitrogen and oxygen atoms in total. The van der Waals surface area contributed by atoms with Gasteiger partial charge in [-0.3, -0.25) is 0 Å². The van der Waals surface area contributed by atoms with Crippen LogP contribution in [0.15, 0.2) is 12.2 Å². The van der Waals surface area contributed by atoms with E-state index in [1.807, 2.05) is 0 Å². The van der Waals surface area contributed by atoms with Crippen LogP contribution in [0, 0.1) is 6.42 Å². The molecule has 0 aromatic rings. The van der Waals surface area contributed by atoms with E-state index in [0.717, 1.165) is 0 Å². The molecule has 0 aromatic carbocycles. The van der Waals surface area contributed by atoms with Crippen LogP contribution in [-0.4, -0.2) is 0 Å². The summed E-state index contributed by atoms with van der Waals surface area (Å²) in [6.07, 6.45) is 13.5. The van der Waals surface area contributed by atoms with Crippen LogP contribution in [0.4, 0.5) is 0 Å². The maximum absolute atomic E-state index is 2.39. The second-order valence-electron chi connectivity index (χ2n) is 2.27. The van der Waals surface area contributed by atoms with E-state index in [4.69, 9.17) is 0 Å². The molecule has 0 bridgehead atoms. The van der Waals surface area contributed by atoms with Gasteiger partial charge in [-0.1, -0.05) is 25.0 Å². The molecule has 0 fully saturated rings. The van der Waals surface area contributed by atoms with E-state index in [-0.39, 0.29) is 29.6 Å². The molecule has 0 radical (unpaired) electrons. The molecule has 46 valence electrons. The molecule has 0 heterocycles. The van der Waals surface area contributed by atoms with E-state index in [9.17, 15) is 0 Å². The Balaban J connectivity index is 0.000000640. The maximum Gasteiger partial charge on any atom is 1.00 e. The van der Waals surface area contributed by atoms with E-state index < -0.39 is 0 Å². The monoisotopic (exact) mass is 132 g/mol. The number of hydrogen-bond acceptors (Lipinski definition) is 0. The van der Waals surface area contributed by atoms with Gasteiger partial charge in [-0.2, -0.15) is 12.8 Å². The summed E-state index contributed by atoms with van der Waals surface area (Å²) in [5, 5.41) is 0. The van der Waals surface area contributed by atoms with Crippen LogP contribution in [0.1, 0.15) is 32.1 Å². The van der Waals surface area contributed by atoms with Crippen LogP contribution in [-0.2, 0) is 0 Å². The standard InChI is InChI=1S/C8H13.Na/c1-2-4-6-8-7-5-3-1;/h1-2,7H,3-6,8H2;/q-1;+1/b2-1+;. The van der Waals surface area contributed by atoms with Crippen LogP contribution in [0.25, 0.3) is 0 Å². The summed E-state index contributed by atoms with van der Waals surface area (Å²) in [7, 11) is 0. The second kappa shape index (κ2) is 6.85. The van der Waals surface area contributed by atoms with Crippen molar-refractivity contribution in [3.63, 3.8) is 0 Å². The Morgan fingerprint density at radius 1 is 1.00 bits per heavy atom. The summed E-state index contributed by atoms with van der Waals surface area (Å²) in [6, 6.07) is 0. The molecular formula is C8H13Na. The fraction of sp³-hybridized carbons (Fsp3) is 0.625. The minimum absolute atomic E-state index is 0. The first kappa shape index (κ1) is 9.74. The smallest absolute Gasteiger partial charge is 0.328 e. The third-order valence-corrected chi connectivity index (χ3v) is 1.48. The van der Waals surface area contributed by atoms with Gasteiger partial charge in [0.25, 0.3) is 0 Å². The predicted octanol–water partition coefficient (Wildman–Crippen LogP) is -0.285. The van der Waals surface area contributed by atoms with Crippen molar-refractivity contribution in [1.29, 1.82) is 0 Å². The van der Waals surface area contributed by atoms with Gasteiger partial charge in [-0.15, -0.1) is 0 Å². The second-order valence-corrected chi connectivity index (χ2v) is 2.27. The fourth-order valence-electron chi connectivity index (χ4n) is 0.974. The van der Waals surface area contributed by atoms with Gasteiger partial charge in [-0.25, -0.2) is 0 Å². The molecule has 0 unspecified atom stereocenters. The van der Waals surface area contributed by atoms with Crippen LogP contribution in [0.2, 0.25) is 0 Å². The third kappa shape index (κ3) is 5.20. The van der Waals surface area contributed by atoms with Crippen molar-refractivity contribution in [3.05, 3.63) is 18.6 Å². The van der Waals surface area contributed by atoms with E-state index in [1.54, 1.807) is 0 Å². The van der Waals surface area contributed by atoms with Gasteiger partial charge >= 0.3 is 29.6 Å². The van der Waals surface area contributed by atoms with Crippen molar-refractivity contribution < 1.29 is 29.6 Å². The molecule has 0 spiro atoms. The molecule has 1 rings (SSSR count). The Morgan fingerprint density at radius 2 is 1.78 bits per heavy atom. The Morgan fingerprint density at radius 3 is 2.67 bits per heavy atom. The van der Waals surface area contributed by atoms with Crippen molar-refractivity contribution in [3.8, 4) is 0 Å². The van der Waals surface area contributed by atoms with Gasteiger partial charge in [-0.05, 0) is 6.42 Å². The van der Waals surface area contributed by atoms with Crippen LogP contribution in [0.5, 0.6) is 0 Å². The zero-order valence-electron chi connectivity index (χ0n) is 6.27. The Bertz CT molecular complexity index is 66.6. The topological polar surface area (TPSA) is 0 Å². The van der Waals surface area contributed by atoms with Gasteiger partial charge < -0.3 is 6.42 Å². The molecule has 0 amide bonds. The summed E-state index contributed by atoms with van der Waals surface area (Å²) < 4.78 is 0. The van der Waals surface area contributed by atoms with Crippen molar-refractivity contribution >= 4 is 0 Å². The summed E-state index contributed by atoms with van der Waals surface area (Å²) in [5.74, 6) is 0. The first-order chi connectivity index (χ1) is 4.00. The Kier molecular flexibility index (Phi) is 7.42. The summed E-state index contributed by atoms with van der Waals surface area (Å²) in [5.41, 5.74) is 0. The number of hydrogen-bond donors (Lipinski definition) is 0. The van der Waals surface area contributed by atoms with E-state index in [1.165, 1.54) is 32.1 Å². The minimum Gasteiger partial charge on any atom is -0.328 e. The minimum atomic E-state index is 0. The van der Waals surface area contributed by atoms with E-state index in [2.05, 4.69) is 18.6 Å². The van der Waals surface area contributed by atoms with Crippen LogP contribution in [0.3, 0.4) is 0 Å². The molecule has 1 aliphatic carbocycles. The largest absolute Gasteiger partial charge is 1.00 e. The molecule has 0 saturated heterocycles. The zero-order valence-corrected chi connectivity index (χ0v) is 8.27. The molecule has 1 heteroatoms. The van der Waals surface area contributed by atoms with E-state index in [0.29, 0.717) is 0 Å². The summed E-state index contributed by atoms with van der Waals surface area (Å²) >= 11 is 0. The first-order valence-electron chi connectivity index (χ1n) is 3.47. The van der Waals surface area contributed by atoms with Crippen molar-refractivity contribution in [1.82, 2.24) is 0 Å². The average molecular weight is 132 g/mol. The van der Waals surface area contributed by atoms with Crippen molar-refractivity contribution in [2.75, 3.05) is 0 Å². The fourth-order valence-corrected chi connectivity index (χ4v) is 0.974. The van der Waals surface area contributed by atoms with Crippen LogP contribution >= 0.6 is 0 Å². The van der Waals surface area contributed by atoms with Gasteiger partial charge in [0.15, 0.2) is 0 Å².